The minimum absolute atomic E-state index is 0.00610. The molecule has 1 aliphatic rings. The molecule has 24 heavy (non-hydrogen) atoms. The molecule has 1 saturated carbocycles. The third kappa shape index (κ3) is 4.43. The van der Waals surface area contributed by atoms with Gasteiger partial charge < -0.3 is 5.32 Å². The molecule has 3 rings (SSSR count). The number of amides is 1. The maximum atomic E-state index is 12.3. The average molecular weight is 344 g/mol. The van der Waals surface area contributed by atoms with Gasteiger partial charge in [0.25, 0.3) is 0 Å². The fourth-order valence-corrected chi connectivity index (χ4v) is 3.40. The topological polar surface area (TPSA) is 75.3 Å². The molecule has 0 saturated heterocycles. The number of carbonyl (C=O) groups is 1. The lowest BCUT2D eigenvalue weighted by molar-refractivity contribution is -0.117. The van der Waals surface area contributed by atoms with Crippen LogP contribution in [0.3, 0.4) is 0 Å². The molecular weight excluding hydrogens is 324 g/mol. The Bertz CT molecular complexity index is 798. The van der Waals surface area contributed by atoms with Crippen LogP contribution < -0.4 is 10.0 Å². The summed E-state index contributed by atoms with van der Waals surface area (Å²) in [5, 5.41) is 2.79. The van der Waals surface area contributed by atoms with E-state index in [4.69, 9.17) is 0 Å². The highest BCUT2D eigenvalue weighted by Crippen LogP contribution is 2.30. The summed E-state index contributed by atoms with van der Waals surface area (Å²) in [5.41, 5.74) is 1.70. The van der Waals surface area contributed by atoms with Crippen LogP contribution in [0, 0.1) is 5.92 Å². The molecule has 2 N–H and O–H groups in total. The van der Waals surface area contributed by atoms with Crippen LogP contribution in [-0.4, -0.2) is 20.9 Å². The van der Waals surface area contributed by atoms with Crippen LogP contribution in [0.4, 0.5) is 5.69 Å². The zero-order valence-corrected chi connectivity index (χ0v) is 14.1. The van der Waals surface area contributed by atoms with Gasteiger partial charge in [0.2, 0.25) is 15.9 Å². The van der Waals surface area contributed by atoms with Gasteiger partial charge in [-0.1, -0.05) is 30.3 Å². The normalized spacial score (nSPS) is 14.3. The number of anilines is 1. The van der Waals surface area contributed by atoms with Gasteiger partial charge in [-0.25, -0.2) is 13.1 Å². The molecular formula is C18H20N2O3S. The van der Waals surface area contributed by atoms with Crippen LogP contribution in [0.5, 0.6) is 0 Å². The first-order chi connectivity index (χ1) is 11.5. The van der Waals surface area contributed by atoms with Crippen LogP contribution in [0.15, 0.2) is 59.5 Å². The number of sulfonamides is 1. The van der Waals surface area contributed by atoms with Crippen molar-refractivity contribution in [1.82, 2.24) is 4.72 Å². The monoisotopic (exact) mass is 344 g/mol. The molecule has 2 aromatic carbocycles. The van der Waals surface area contributed by atoms with Crippen molar-refractivity contribution in [1.29, 1.82) is 0 Å². The summed E-state index contributed by atoms with van der Waals surface area (Å²) >= 11 is 0. The summed E-state index contributed by atoms with van der Waals surface area (Å²) in [6.07, 6.45) is 2.50. The Balaban J connectivity index is 1.56. The Morgan fingerprint density at radius 3 is 2.29 bits per heavy atom. The number of rotatable bonds is 7. The number of hydrogen-bond donors (Lipinski definition) is 2. The third-order valence-corrected chi connectivity index (χ3v) is 5.41. The van der Waals surface area contributed by atoms with E-state index in [9.17, 15) is 13.2 Å². The van der Waals surface area contributed by atoms with Crippen molar-refractivity contribution in [3.63, 3.8) is 0 Å². The third-order valence-electron chi connectivity index (χ3n) is 3.93. The Morgan fingerprint density at radius 1 is 1.00 bits per heavy atom. The van der Waals surface area contributed by atoms with Crippen molar-refractivity contribution in [3.8, 4) is 0 Å². The van der Waals surface area contributed by atoms with E-state index in [-0.39, 0.29) is 16.7 Å². The lowest BCUT2D eigenvalue weighted by atomic mass is 10.2. The summed E-state index contributed by atoms with van der Waals surface area (Å²) in [4.78, 5) is 11.9. The van der Waals surface area contributed by atoms with Gasteiger partial charge >= 0.3 is 0 Å². The molecule has 1 aliphatic carbocycles. The number of nitrogens with one attached hydrogen (secondary N) is 2. The Hall–Kier alpha value is -2.18. The van der Waals surface area contributed by atoms with E-state index in [0.717, 1.165) is 18.4 Å². The summed E-state index contributed by atoms with van der Waals surface area (Å²) in [6, 6.07) is 16.0. The van der Waals surface area contributed by atoms with Crippen LogP contribution in [0.2, 0.25) is 0 Å². The van der Waals surface area contributed by atoms with Gasteiger partial charge in [0, 0.05) is 18.2 Å². The molecule has 1 fully saturated rings. The molecule has 6 heteroatoms. The van der Waals surface area contributed by atoms with Crippen molar-refractivity contribution in [2.24, 2.45) is 5.92 Å². The highest BCUT2D eigenvalue weighted by molar-refractivity contribution is 7.89. The van der Waals surface area contributed by atoms with Crippen LogP contribution >= 0.6 is 0 Å². The first kappa shape index (κ1) is 16.7. The van der Waals surface area contributed by atoms with Gasteiger partial charge in [-0.3, -0.25) is 4.79 Å². The first-order valence-corrected chi connectivity index (χ1v) is 9.47. The zero-order chi connectivity index (χ0) is 17.0. The van der Waals surface area contributed by atoms with E-state index in [1.54, 1.807) is 12.1 Å². The van der Waals surface area contributed by atoms with E-state index >= 15 is 0 Å². The van der Waals surface area contributed by atoms with Gasteiger partial charge in [-0.05, 0) is 49.1 Å². The molecule has 0 bridgehead atoms. The lowest BCUT2D eigenvalue weighted by Gasteiger charge is -2.08. The fraction of sp³-hybridized carbons (Fsp3) is 0.278. The number of hydrogen-bond acceptors (Lipinski definition) is 3. The second-order valence-electron chi connectivity index (χ2n) is 5.92. The van der Waals surface area contributed by atoms with E-state index in [1.165, 1.54) is 12.1 Å². The zero-order valence-electron chi connectivity index (χ0n) is 13.2. The van der Waals surface area contributed by atoms with Crippen LogP contribution in [-0.2, 0) is 21.2 Å². The maximum Gasteiger partial charge on any atom is 0.240 e. The van der Waals surface area contributed by atoms with Crippen molar-refractivity contribution in [2.45, 2.75) is 24.2 Å². The molecule has 1 amide bonds. The van der Waals surface area contributed by atoms with Crippen molar-refractivity contribution in [2.75, 3.05) is 11.9 Å². The molecule has 2 aromatic rings. The molecule has 0 heterocycles. The second-order valence-corrected chi connectivity index (χ2v) is 7.69. The number of carbonyl (C=O) groups excluding carboxylic acids is 1. The summed E-state index contributed by atoms with van der Waals surface area (Å²) in [6.45, 7) is 0.340. The van der Waals surface area contributed by atoms with Gasteiger partial charge in [-0.2, -0.15) is 0 Å². The van der Waals surface area contributed by atoms with Crippen molar-refractivity contribution < 1.29 is 13.2 Å². The molecule has 0 atom stereocenters. The van der Waals surface area contributed by atoms with Gasteiger partial charge in [0.1, 0.15) is 0 Å². The Morgan fingerprint density at radius 2 is 1.67 bits per heavy atom. The minimum Gasteiger partial charge on any atom is -0.326 e. The van der Waals surface area contributed by atoms with E-state index in [0.29, 0.717) is 18.7 Å². The average Bonchev–Trinajstić information content (AvgIpc) is 3.41. The van der Waals surface area contributed by atoms with Crippen LogP contribution in [0.25, 0.3) is 0 Å². The Labute approximate surface area is 142 Å². The first-order valence-electron chi connectivity index (χ1n) is 7.99. The lowest BCUT2D eigenvalue weighted by Crippen LogP contribution is -2.26. The summed E-state index contributed by atoms with van der Waals surface area (Å²) in [5.74, 6) is 0.125. The molecule has 5 nitrogen and oxygen atoms in total. The molecule has 0 aliphatic heterocycles. The van der Waals surface area contributed by atoms with Gasteiger partial charge in [-0.15, -0.1) is 0 Å². The fourth-order valence-electron chi connectivity index (χ4n) is 2.37. The van der Waals surface area contributed by atoms with E-state index in [1.807, 2.05) is 30.3 Å². The van der Waals surface area contributed by atoms with Gasteiger partial charge in [0.05, 0.1) is 4.90 Å². The molecule has 0 aromatic heterocycles. The number of benzene rings is 2. The Kier molecular flexibility index (Phi) is 4.97. The summed E-state index contributed by atoms with van der Waals surface area (Å²) in [7, 11) is -3.54. The van der Waals surface area contributed by atoms with E-state index < -0.39 is 10.0 Å². The summed E-state index contributed by atoms with van der Waals surface area (Å²) < 4.78 is 27.1. The molecule has 0 spiro atoms. The van der Waals surface area contributed by atoms with E-state index in [2.05, 4.69) is 10.0 Å². The molecule has 126 valence electrons. The smallest absolute Gasteiger partial charge is 0.240 e. The van der Waals surface area contributed by atoms with Crippen LogP contribution in [0.1, 0.15) is 18.4 Å². The van der Waals surface area contributed by atoms with Crippen molar-refractivity contribution in [3.05, 3.63) is 60.2 Å². The highest BCUT2D eigenvalue weighted by Gasteiger charge is 2.29. The quantitative estimate of drug-likeness (QED) is 0.810. The second kappa shape index (κ2) is 7.15. The minimum atomic E-state index is -3.54. The predicted octanol–water partition coefficient (Wildman–Crippen LogP) is 2.56. The highest BCUT2D eigenvalue weighted by atomic mass is 32.2. The predicted molar refractivity (Wildman–Crippen MR) is 93.1 cm³/mol. The van der Waals surface area contributed by atoms with Crippen molar-refractivity contribution >= 4 is 21.6 Å². The standard InChI is InChI=1S/C18H20N2O3S/c21-18(15-6-7-15)20-16-8-10-17(11-9-16)24(22,23)19-13-12-14-4-2-1-3-5-14/h1-5,8-11,15,19H,6-7,12-13H2,(H,20,21). The molecule has 0 unspecified atom stereocenters. The van der Waals surface area contributed by atoms with Gasteiger partial charge in [0.15, 0.2) is 0 Å². The molecule has 0 radical (unpaired) electrons. The SMILES string of the molecule is O=C(Nc1ccc(S(=O)(=O)NCCc2ccccc2)cc1)C1CC1. The largest absolute Gasteiger partial charge is 0.326 e. The maximum absolute atomic E-state index is 12.3.